The third-order valence-electron chi connectivity index (χ3n) is 4.02. The van der Waals surface area contributed by atoms with E-state index >= 15 is 0 Å². The van der Waals surface area contributed by atoms with Crippen LogP contribution in [0, 0.1) is 0 Å². The summed E-state index contributed by atoms with van der Waals surface area (Å²) in [5.41, 5.74) is 17.0. The topological polar surface area (TPSA) is 85.6 Å². The minimum absolute atomic E-state index is 0.0753. The number of nitrogens with zero attached hydrogens (tertiary/aromatic N) is 2. The predicted molar refractivity (Wildman–Crippen MR) is 85.6 cm³/mol. The molecular weight excluding hydrogens is 309 g/mol. The molecule has 0 unspecified atom stereocenters. The van der Waals surface area contributed by atoms with Gasteiger partial charge in [-0.25, -0.2) is 0 Å². The van der Waals surface area contributed by atoms with E-state index in [1.54, 1.807) is 12.3 Å². The van der Waals surface area contributed by atoms with Crippen LogP contribution in [0.25, 0.3) is 22.0 Å². The Balaban J connectivity index is 2.19. The molecule has 0 fully saturated rings. The summed E-state index contributed by atoms with van der Waals surface area (Å²) in [6, 6.07) is 1.78. The van der Waals surface area contributed by atoms with Crippen LogP contribution in [0.15, 0.2) is 18.5 Å². The van der Waals surface area contributed by atoms with E-state index in [9.17, 15) is 0 Å². The minimum atomic E-state index is 0.0753. The van der Waals surface area contributed by atoms with E-state index in [4.69, 9.17) is 34.7 Å². The molecule has 0 bridgehead atoms. The smallest absolute Gasteiger partial charge is 0.0837 e. The van der Waals surface area contributed by atoms with E-state index in [-0.39, 0.29) is 6.04 Å². The van der Waals surface area contributed by atoms with Gasteiger partial charge in [-0.2, -0.15) is 5.10 Å². The van der Waals surface area contributed by atoms with Crippen LogP contribution < -0.4 is 11.5 Å². The number of anilines is 1. The van der Waals surface area contributed by atoms with E-state index in [2.05, 4.69) is 14.8 Å². The number of hydrogen-bond acceptors (Lipinski definition) is 3. The van der Waals surface area contributed by atoms with Gasteiger partial charge in [0.2, 0.25) is 0 Å². The van der Waals surface area contributed by atoms with Crippen LogP contribution in [0.2, 0.25) is 10.0 Å². The number of benzene rings is 1. The lowest BCUT2D eigenvalue weighted by Gasteiger charge is -2.08. The fourth-order valence-electron chi connectivity index (χ4n) is 3.22. The lowest BCUT2D eigenvalue weighted by Crippen LogP contribution is -2.20. The van der Waals surface area contributed by atoms with E-state index in [1.807, 2.05) is 6.20 Å². The predicted octanol–water partition coefficient (Wildman–Crippen LogP) is 2.80. The summed E-state index contributed by atoms with van der Waals surface area (Å²) < 4.78 is 2.13. The molecule has 3 aromatic rings. The highest BCUT2D eigenvalue weighted by Crippen LogP contribution is 2.45. The van der Waals surface area contributed by atoms with Crippen LogP contribution in [0.3, 0.4) is 0 Å². The minimum Gasteiger partial charge on any atom is -0.398 e. The average molecular weight is 322 g/mol. The maximum absolute atomic E-state index is 6.43. The Hall–Kier alpha value is -1.69. The first-order chi connectivity index (χ1) is 10.1. The number of halogens is 2. The van der Waals surface area contributed by atoms with Crippen molar-refractivity contribution in [2.75, 3.05) is 5.73 Å². The SMILES string of the molecule is Nc1cc(Cl)c(Cl)c2c1c(-c1cn[nH]c1)c1n2C[C@@H](N)C1. The molecule has 0 aliphatic carbocycles. The molecule has 0 spiro atoms. The second-order valence-corrected chi connectivity index (χ2v) is 6.15. The molecule has 0 saturated carbocycles. The zero-order valence-electron chi connectivity index (χ0n) is 11.0. The molecule has 7 heteroatoms. The Morgan fingerprint density at radius 2 is 2.19 bits per heavy atom. The Bertz CT molecular complexity index is 850. The first kappa shape index (κ1) is 13.0. The molecule has 0 radical (unpaired) electrons. The lowest BCUT2D eigenvalue weighted by atomic mass is 10.0. The summed E-state index contributed by atoms with van der Waals surface area (Å²) in [4.78, 5) is 0. The number of nitrogen functional groups attached to an aromatic ring is 1. The number of rotatable bonds is 1. The second-order valence-electron chi connectivity index (χ2n) is 5.37. The number of fused-ring (bicyclic) bond motifs is 3. The molecule has 0 amide bonds. The molecule has 0 saturated heterocycles. The van der Waals surface area contributed by atoms with Gasteiger partial charge in [-0.3, -0.25) is 5.10 Å². The third-order valence-corrected chi connectivity index (χ3v) is 4.80. The van der Waals surface area contributed by atoms with E-state index in [0.29, 0.717) is 22.3 Å². The number of aromatic nitrogens is 3. The fraction of sp³-hybridized carbons (Fsp3) is 0.214. The van der Waals surface area contributed by atoms with Crippen LogP contribution in [0.1, 0.15) is 5.69 Å². The number of nitrogens with one attached hydrogen (secondary N) is 1. The van der Waals surface area contributed by atoms with Crippen molar-refractivity contribution < 1.29 is 0 Å². The molecule has 21 heavy (non-hydrogen) atoms. The van der Waals surface area contributed by atoms with Crippen LogP contribution in [-0.4, -0.2) is 20.8 Å². The van der Waals surface area contributed by atoms with Gasteiger partial charge < -0.3 is 16.0 Å². The van der Waals surface area contributed by atoms with Crippen molar-refractivity contribution in [3.63, 3.8) is 0 Å². The summed E-state index contributed by atoms with van der Waals surface area (Å²) in [6.07, 6.45) is 4.41. The van der Waals surface area contributed by atoms with Crippen molar-refractivity contribution in [1.82, 2.24) is 14.8 Å². The van der Waals surface area contributed by atoms with Gasteiger partial charge in [0.15, 0.2) is 0 Å². The standard InChI is InChI=1S/C14H13Cl2N5/c15-8-2-9(18)12-11(6-3-19-20-4-6)10-1-7(17)5-21(10)14(12)13(8)16/h2-4,7H,1,5,17-18H2,(H,19,20)/t7-/m0/s1. The van der Waals surface area contributed by atoms with Crippen LogP contribution in [0.5, 0.6) is 0 Å². The highest BCUT2D eigenvalue weighted by atomic mass is 35.5. The third kappa shape index (κ3) is 1.71. The van der Waals surface area contributed by atoms with Crippen LogP contribution in [-0.2, 0) is 13.0 Å². The summed E-state index contributed by atoms with van der Waals surface area (Å²) in [5.74, 6) is 0. The molecule has 108 valence electrons. The molecule has 5 N–H and O–H groups in total. The van der Waals surface area contributed by atoms with Gasteiger partial charge in [0.05, 0.1) is 21.8 Å². The highest BCUT2D eigenvalue weighted by Gasteiger charge is 2.29. The van der Waals surface area contributed by atoms with E-state index in [0.717, 1.165) is 34.1 Å². The normalized spacial score (nSPS) is 17.6. The molecule has 4 rings (SSSR count). The van der Waals surface area contributed by atoms with Gasteiger partial charge in [0, 0.05) is 53.1 Å². The lowest BCUT2D eigenvalue weighted by molar-refractivity contribution is 0.652. The summed E-state index contributed by atoms with van der Waals surface area (Å²) in [7, 11) is 0. The summed E-state index contributed by atoms with van der Waals surface area (Å²) in [5, 5.41) is 8.78. The molecule has 2 aromatic heterocycles. The Labute approximate surface area is 130 Å². The summed E-state index contributed by atoms with van der Waals surface area (Å²) >= 11 is 12.6. The molecular formula is C14H13Cl2N5. The zero-order chi connectivity index (χ0) is 14.7. The van der Waals surface area contributed by atoms with Crippen molar-refractivity contribution in [3.8, 4) is 11.1 Å². The van der Waals surface area contributed by atoms with Gasteiger partial charge >= 0.3 is 0 Å². The van der Waals surface area contributed by atoms with Gasteiger partial charge in [-0.1, -0.05) is 23.2 Å². The maximum Gasteiger partial charge on any atom is 0.0837 e. The molecule has 1 aromatic carbocycles. The number of hydrogen-bond donors (Lipinski definition) is 3. The fourth-order valence-corrected chi connectivity index (χ4v) is 3.68. The number of nitrogens with two attached hydrogens (primary N) is 2. The van der Waals surface area contributed by atoms with Crippen molar-refractivity contribution in [3.05, 3.63) is 34.2 Å². The summed E-state index contributed by atoms with van der Waals surface area (Å²) in [6.45, 7) is 0.711. The average Bonchev–Trinajstić information content (AvgIpc) is 3.10. The molecule has 1 aliphatic heterocycles. The monoisotopic (exact) mass is 321 g/mol. The van der Waals surface area contributed by atoms with Gasteiger partial charge in [0.25, 0.3) is 0 Å². The zero-order valence-corrected chi connectivity index (χ0v) is 12.5. The molecule has 1 atom stereocenters. The maximum atomic E-state index is 6.43. The first-order valence-electron chi connectivity index (χ1n) is 6.61. The molecule has 3 heterocycles. The van der Waals surface area contributed by atoms with E-state index < -0.39 is 0 Å². The number of aromatic amines is 1. The van der Waals surface area contributed by atoms with Crippen molar-refractivity contribution >= 4 is 39.8 Å². The first-order valence-corrected chi connectivity index (χ1v) is 7.36. The van der Waals surface area contributed by atoms with Crippen molar-refractivity contribution in [2.45, 2.75) is 19.0 Å². The van der Waals surface area contributed by atoms with Gasteiger partial charge in [-0.15, -0.1) is 0 Å². The van der Waals surface area contributed by atoms with Gasteiger partial charge in [0.1, 0.15) is 0 Å². The van der Waals surface area contributed by atoms with Crippen molar-refractivity contribution in [2.24, 2.45) is 5.73 Å². The largest absolute Gasteiger partial charge is 0.398 e. The second kappa shape index (κ2) is 4.40. The Morgan fingerprint density at radius 3 is 2.90 bits per heavy atom. The van der Waals surface area contributed by atoms with Gasteiger partial charge in [-0.05, 0) is 6.07 Å². The quantitative estimate of drug-likeness (QED) is 0.602. The molecule has 1 aliphatic rings. The van der Waals surface area contributed by atoms with E-state index in [1.165, 1.54) is 0 Å². The highest BCUT2D eigenvalue weighted by molar-refractivity contribution is 6.46. The Kier molecular flexibility index (Phi) is 2.73. The van der Waals surface area contributed by atoms with Crippen LogP contribution in [0.4, 0.5) is 5.69 Å². The number of H-pyrrole nitrogens is 1. The van der Waals surface area contributed by atoms with Crippen molar-refractivity contribution in [1.29, 1.82) is 0 Å². The van der Waals surface area contributed by atoms with Crippen LogP contribution >= 0.6 is 23.2 Å². The molecule has 5 nitrogen and oxygen atoms in total. The Morgan fingerprint density at radius 1 is 1.38 bits per heavy atom.